The molecule has 3 amide bonds. The molecule has 0 bridgehead atoms. The Balaban J connectivity index is 1.39. The Kier molecular flexibility index (Phi) is 10.7. The van der Waals surface area contributed by atoms with E-state index in [1.807, 2.05) is 73.7 Å². The molecule has 0 radical (unpaired) electrons. The predicted octanol–water partition coefficient (Wildman–Crippen LogP) is 8.40. The first-order valence-electron chi connectivity index (χ1n) is 16.5. The number of urea groups is 1. The number of carbonyl (C=O) groups is 2. The van der Waals surface area contributed by atoms with E-state index in [9.17, 15) is 9.59 Å². The summed E-state index contributed by atoms with van der Waals surface area (Å²) in [4.78, 5) is 31.9. The third-order valence-corrected chi connectivity index (χ3v) is 8.80. The summed E-state index contributed by atoms with van der Waals surface area (Å²) in [7, 11) is 1.69. The number of nitrogens with zero attached hydrogens (tertiary/aromatic N) is 2. The number of hydrogen-bond donors (Lipinski definition) is 3. The first-order chi connectivity index (χ1) is 22.7. The SMILES string of the molecule is COc1ccccc1N1CCN(c2ccc(NC(=O)Nc3c(C(C)C)cccc3C(C)C)cc2C(=O)NC(C)c2ccccc2)CC1. The molecule has 1 atom stereocenters. The minimum atomic E-state index is -0.345. The minimum absolute atomic E-state index is 0.194. The van der Waals surface area contributed by atoms with Gasteiger partial charge in [0, 0.05) is 43.2 Å². The predicted molar refractivity (Wildman–Crippen MR) is 193 cm³/mol. The number of ether oxygens (including phenoxy) is 1. The lowest BCUT2D eigenvalue weighted by atomic mass is 9.93. The fraction of sp³-hybridized carbons (Fsp3) is 0.333. The molecule has 1 fully saturated rings. The van der Waals surface area contributed by atoms with Crippen molar-refractivity contribution >= 4 is 34.7 Å². The van der Waals surface area contributed by atoms with Crippen LogP contribution in [-0.2, 0) is 0 Å². The maximum absolute atomic E-state index is 13.9. The molecule has 0 aromatic heterocycles. The van der Waals surface area contributed by atoms with Gasteiger partial charge in [0.05, 0.1) is 24.4 Å². The van der Waals surface area contributed by atoms with E-state index in [0.29, 0.717) is 11.3 Å². The second-order valence-corrected chi connectivity index (χ2v) is 12.7. The molecule has 1 heterocycles. The lowest BCUT2D eigenvalue weighted by Crippen LogP contribution is -2.47. The normalized spacial score (nSPS) is 13.8. The Morgan fingerprint density at radius 3 is 1.89 bits per heavy atom. The highest BCUT2D eigenvalue weighted by atomic mass is 16.5. The molecule has 8 heteroatoms. The first kappa shape index (κ1) is 33.4. The summed E-state index contributed by atoms with van der Waals surface area (Å²) in [5, 5.41) is 9.31. The molecule has 1 aliphatic rings. The van der Waals surface area contributed by atoms with Crippen LogP contribution in [0.1, 0.15) is 79.5 Å². The van der Waals surface area contributed by atoms with Crippen LogP contribution in [0.5, 0.6) is 5.75 Å². The molecular weight excluding hydrogens is 586 g/mol. The maximum atomic E-state index is 13.9. The summed E-state index contributed by atoms with van der Waals surface area (Å²) in [6, 6.07) is 29.2. The average Bonchev–Trinajstić information content (AvgIpc) is 3.08. The number of methoxy groups -OCH3 is 1. The van der Waals surface area contributed by atoms with Crippen LogP contribution in [-0.4, -0.2) is 45.2 Å². The molecule has 1 aliphatic heterocycles. The van der Waals surface area contributed by atoms with Crippen LogP contribution in [0.3, 0.4) is 0 Å². The summed E-state index contributed by atoms with van der Waals surface area (Å²) in [6.45, 7) is 13.5. The van der Waals surface area contributed by atoms with Gasteiger partial charge in [0.15, 0.2) is 0 Å². The van der Waals surface area contributed by atoms with E-state index in [2.05, 4.69) is 71.6 Å². The Labute approximate surface area is 279 Å². The number of amides is 3. The molecule has 0 spiro atoms. The number of benzene rings is 4. The van der Waals surface area contributed by atoms with Crippen LogP contribution in [0.2, 0.25) is 0 Å². The lowest BCUT2D eigenvalue weighted by Gasteiger charge is -2.38. The van der Waals surface area contributed by atoms with Crippen molar-refractivity contribution in [3.8, 4) is 5.75 Å². The fourth-order valence-electron chi connectivity index (χ4n) is 6.22. The topological polar surface area (TPSA) is 85.9 Å². The van der Waals surface area contributed by atoms with Gasteiger partial charge >= 0.3 is 6.03 Å². The second kappa shape index (κ2) is 15.1. The van der Waals surface area contributed by atoms with Crippen molar-refractivity contribution in [2.45, 2.75) is 52.5 Å². The van der Waals surface area contributed by atoms with Crippen LogP contribution in [0.4, 0.5) is 27.5 Å². The monoisotopic (exact) mass is 633 g/mol. The van der Waals surface area contributed by atoms with E-state index in [4.69, 9.17) is 4.74 Å². The number of carbonyl (C=O) groups excluding carboxylic acids is 2. The summed E-state index contributed by atoms with van der Waals surface area (Å²) in [5.41, 5.74) is 7.00. The van der Waals surface area contributed by atoms with E-state index in [-0.39, 0.29) is 29.8 Å². The van der Waals surface area contributed by atoms with Gasteiger partial charge in [0.25, 0.3) is 5.91 Å². The van der Waals surface area contributed by atoms with Gasteiger partial charge < -0.3 is 30.5 Å². The largest absolute Gasteiger partial charge is 0.495 e. The van der Waals surface area contributed by atoms with E-state index in [0.717, 1.165) is 65.7 Å². The van der Waals surface area contributed by atoms with Crippen molar-refractivity contribution in [1.29, 1.82) is 0 Å². The van der Waals surface area contributed by atoms with Gasteiger partial charge in [-0.25, -0.2) is 4.79 Å². The molecule has 246 valence electrons. The fourth-order valence-corrected chi connectivity index (χ4v) is 6.22. The highest BCUT2D eigenvalue weighted by Gasteiger charge is 2.25. The van der Waals surface area contributed by atoms with Crippen molar-refractivity contribution in [3.05, 3.63) is 113 Å². The van der Waals surface area contributed by atoms with Crippen molar-refractivity contribution in [2.75, 3.05) is 53.7 Å². The van der Waals surface area contributed by atoms with Crippen LogP contribution in [0.25, 0.3) is 0 Å². The van der Waals surface area contributed by atoms with E-state index >= 15 is 0 Å². The van der Waals surface area contributed by atoms with Crippen molar-refractivity contribution in [3.63, 3.8) is 0 Å². The number of piperazine rings is 1. The quantitative estimate of drug-likeness (QED) is 0.163. The standard InChI is InChI=1S/C39H47N5O3/c1-26(2)31-15-12-16-32(27(3)4)37(31)42-39(46)41-30-19-20-34(33(25-30)38(45)40-28(5)29-13-8-7-9-14-29)43-21-23-44(24-22-43)35-17-10-11-18-36(35)47-6/h7-20,25-28H,21-24H2,1-6H3,(H,40,45)(H2,41,42,46). The number of hydrogen-bond acceptors (Lipinski definition) is 5. The van der Waals surface area contributed by atoms with Gasteiger partial charge in [0.1, 0.15) is 5.75 Å². The lowest BCUT2D eigenvalue weighted by molar-refractivity contribution is 0.0940. The molecule has 4 aromatic carbocycles. The molecule has 1 saturated heterocycles. The average molecular weight is 634 g/mol. The highest BCUT2D eigenvalue weighted by Crippen LogP contribution is 2.34. The minimum Gasteiger partial charge on any atom is -0.495 e. The molecule has 8 nitrogen and oxygen atoms in total. The Morgan fingerprint density at radius 1 is 0.681 bits per heavy atom. The molecule has 5 rings (SSSR count). The van der Waals surface area contributed by atoms with E-state index in [1.54, 1.807) is 13.2 Å². The molecule has 3 N–H and O–H groups in total. The third kappa shape index (κ3) is 7.88. The van der Waals surface area contributed by atoms with Gasteiger partial charge in [-0.05, 0) is 65.8 Å². The Bertz CT molecular complexity index is 1650. The van der Waals surface area contributed by atoms with Crippen molar-refractivity contribution in [2.24, 2.45) is 0 Å². The van der Waals surface area contributed by atoms with Crippen LogP contribution in [0.15, 0.2) is 91.0 Å². The molecule has 0 aliphatic carbocycles. The van der Waals surface area contributed by atoms with E-state index in [1.165, 1.54) is 0 Å². The van der Waals surface area contributed by atoms with Gasteiger partial charge in [0.2, 0.25) is 0 Å². The Hall–Kier alpha value is -4.98. The smallest absolute Gasteiger partial charge is 0.323 e. The molecule has 47 heavy (non-hydrogen) atoms. The van der Waals surface area contributed by atoms with Crippen LogP contribution >= 0.6 is 0 Å². The highest BCUT2D eigenvalue weighted by molar-refractivity contribution is 6.04. The zero-order valence-corrected chi connectivity index (χ0v) is 28.3. The zero-order valence-electron chi connectivity index (χ0n) is 28.3. The molecule has 4 aromatic rings. The molecule has 1 unspecified atom stereocenters. The van der Waals surface area contributed by atoms with Gasteiger partial charge in [-0.15, -0.1) is 0 Å². The van der Waals surface area contributed by atoms with Gasteiger partial charge in [-0.3, -0.25) is 4.79 Å². The van der Waals surface area contributed by atoms with Crippen LogP contribution in [0, 0.1) is 0 Å². The van der Waals surface area contributed by atoms with Gasteiger partial charge in [-0.2, -0.15) is 0 Å². The van der Waals surface area contributed by atoms with Crippen molar-refractivity contribution in [1.82, 2.24) is 5.32 Å². The summed E-state index contributed by atoms with van der Waals surface area (Å²) < 4.78 is 5.60. The molecule has 0 saturated carbocycles. The molecular formula is C39H47N5O3. The summed E-state index contributed by atoms with van der Waals surface area (Å²) >= 11 is 0. The zero-order chi connectivity index (χ0) is 33.5. The number of anilines is 4. The van der Waals surface area contributed by atoms with Crippen molar-refractivity contribution < 1.29 is 14.3 Å². The number of para-hydroxylation sites is 3. The number of rotatable bonds is 10. The van der Waals surface area contributed by atoms with E-state index < -0.39 is 0 Å². The summed E-state index contributed by atoms with van der Waals surface area (Å²) in [5.74, 6) is 1.14. The third-order valence-electron chi connectivity index (χ3n) is 8.80. The van der Waals surface area contributed by atoms with Gasteiger partial charge in [-0.1, -0.05) is 88.4 Å². The summed E-state index contributed by atoms with van der Waals surface area (Å²) in [6.07, 6.45) is 0. The first-order valence-corrected chi connectivity index (χ1v) is 16.5. The second-order valence-electron chi connectivity index (χ2n) is 12.7. The Morgan fingerprint density at radius 2 is 1.28 bits per heavy atom. The van der Waals surface area contributed by atoms with Crippen LogP contribution < -0.4 is 30.5 Å². The maximum Gasteiger partial charge on any atom is 0.323 e. The number of nitrogens with one attached hydrogen (secondary N) is 3.